The van der Waals surface area contributed by atoms with E-state index in [0.29, 0.717) is 17.6 Å². The van der Waals surface area contributed by atoms with Crippen LogP contribution in [-0.4, -0.2) is 27.7 Å². The molecule has 0 atom stereocenters. The summed E-state index contributed by atoms with van der Waals surface area (Å²) in [4.78, 5) is 29.4. The number of carbonyl (C=O) groups excluding carboxylic acids is 2. The molecule has 2 heterocycles. The molecule has 0 unspecified atom stereocenters. The molecule has 0 fully saturated rings. The first-order chi connectivity index (χ1) is 15.4. The number of amides is 2. The highest BCUT2D eigenvalue weighted by molar-refractivity contribution is 5.96. The van der Waals surface area contributed by atoms with Gasteiger partial charge in [-0.15, -0.1) is 0 Å². The summed E-state index contributed by atoms with van der Waals surface area (Å²) >= 11 is 0. The van der Waals surface area contributed by atoms with Crippen molar-refractivity contribution in [1.29, 1.82) is 0 Å². The quantitative estimate of drug-likeness (QED) is 0.474. The molecular formula is C24H20F2N4O2. The fourth-order valence-electron chi connectivity index (χ4n) is 3.37. The summed E-state index contributed by atoms with van der Waals surface area (Å²) in [7, 11) is 0. The highest BCUT2D eigenvalue weighted by Gasteiger charge is 2.18. The fraction of sp³-hybridized carbons (Fsp3) is 0.125. The summed E-state index contributed by atoms with van der Waals surface area (Å²) in [6, 6.07) is 16.0. The van der Waals surface area contributed by atoms with Crippen molar-refractivity contribution in [2.75, 3.05) is 11.9 Å². The number of rotatable bonds is 6. The van der Waals surface area contributed by atoms with Crippen molar-refractivity contribution < 1.29 is 18.4 Å². The van der Waals surface area contributed by atoms with E-state index in [1.54, 1.807) is 0 Å². The Hall–Kier alpha value is -4.07. The third kappa shape index (κ3) is 4.34. The van der Waals surface area contributed by atoms with Gasteiger partial charge in [-0.3, -0.25) is 14.0 Å². The van der Waals surface area contributed by atoms with Crippen LogP contribution in [-0.2, 0) is 4.79 Å². The van der Waals surface area contributed by atoms with Crippen LogP contribution >= 0.6 is 0 Å². The van der Waals surface area contributed by atoms with Gasteiger partial charge in [0.2, 0.25) is 5.91 Å². The van der Waals surface area contributed by atoms with Crippen molar-refractivity contribution in [3.05, 3.63) is 89.6 Å². The van der Waals surface area contributed by atoms with Crippen molar-refractivity contribution in [3.8, 4) is 11.3 Å². The largest absolute Gasteiger partial charge is 0.351 e. The van der Waals surface area contributed by atoms with Crippen molar-refractivity contribution in [2.24, 2.45) is 0 Å². The summed E-state index contributed by atoms with van der Waals surface area (Å²) in [5, 5.41) is 5.36. The lowest BCUT2D eigenvalue weighted by molar-refractivity contribution is -0.116. The van der Waals surface area contributed by atoms with Gasteiger partial charge in [-0.2, -0.15) is 0 Å². The Morgan fingerprint density at radius 1 is 1.03 bits per heavy atom. The Kier molecular flexibility index (Phi) is 5.93. The van der Waals surface area contributed by atoms with Gasteiger partial charge >= 0.3 is 0 Å². The van der Waals surface area contributed by atoms with Gasteiger partial charge in [0.25, 0.3) is 5.91 Å². The molecule has 0 spiro atoms. The Labute approximate surface area is 182 Å². The predicted molar refractivity (Wildman–Crippen MR) is 117 cm³/mol. The smallest absolute Gasteiger partial charge is 0.254 e. The second-order valence-electron chi connectivity index (χ2n) is 7.24. The van der Waals surface area contributed by atoms with Gasteiger partial charge in [-0.1, -0.05) is 36.4 Å². The molecule has 0 aliphatic carbocycles. The third-order valence-electron chi connectivity index (χ3n) is 4.96. The molecule has 162 valence electrons. The number of nitrogens with zero attached hydrogens (tertiary/aromatic N) is 2. The lowest BCUT2D eigenvalue weighted by Gasteiger charge is -2.09. The van der Waals surface area contributed by atoms with E-state index >= 15 is 0 Å². The second kappa shape index (κ2) is 8.97. The van der Waals surface area contributed by atoms with E-state index in [1.807, 2.05) is 60.0 Å². The first kappa shape index (κ1) is 21.2. The molecule has 0 radical (unpaired) electrons. The van der Waals surface area contributed by atoms with Crippen molar-refractivity contribution in [2.45, 2.75) is 13.3 Å². The van der Waals surface area contributed by atoms with Crippen LogP contribution in [0.1, 0.15) is 22.3 Å². The molecule has 8 heteroatoms. The zero-order valence-electron chi connectivity index (χ0n) is 17.2. The van der Waals surface area contributed by atoms with Crippen molar-refractivity contribution >= 4 is 23.3 Å². The number of aryl methyl sites for hydroxylation is 1. The standard InChI is InChI=1S/C24H20F2N4O2/c1-15-6-5-13-30-22(15)29-21(16-7-3-2-4-8-16)23(30)28-20(31)11-12-27-24(32)18-10-9-17(25)14-19(18)26/h2-10,13-14H,11-12H2,1H3,(H,27,32)(H,28,31). The lowest BCUT2D eigenvalue weighted by atomic mass is 10.1. The Morgan fingerprint density at radius 3 is 2.56 bits per heavy atom. The highest BCUT2D eigenvalue weighted by Crippen LogP contribution is 2.29. The van der Waals surface area contributed by atoms with Gasteiger partial charge in [0.05, 0.1) is 5.56 Å². The first-order valence-corrected chi connectivity index (χ1v) is 10.0. The summed E-state index contributed by atoms with van der Waals surface area (Å²) in [5.41, 5.74) is 2.88. The minimum atomic E-state index is -0.958. The number of nitrogens with one attached hydrogen (secondary N) is 2. The molecular weight excluding hydrogens is 414 g/mol. The maximum atomic E-state index is 13.7. The SMILES string of the molecule is Cc1cccn2c(NC(=O)CCNC(=O)c3ccc(F)cc3F)c(-c3ccccc3)nc12. The van der Waals surface area contributed by atoms with Crippen LogP contribution in [0.4, 0.5) is 14.6 Å². The second-order valence-corrected chi connectivity index (χ2v) is 7.24. The van der Waals surface area contributed by atoms with E-state index in [9.17, 15) is 18.4 Å². The predicted octanol–water partition coefficient (Wildman–Crippen LogP) is 4.35. The number of pyridine rings is 1. The van der Waals surface area contributed by atoms with Crippen LogP contribution in [0, 0.1) is 18.6 Å². The number of halogens is 2. The van der Waals surface area contributed by atoms with Crippen molar-refractivity contribution in [1.82, 2.24) is 14.7 Å². The van der Waals surface area contributed by atoms with Crippen LogP contribution in [0.5, 0.6) is 0 Å². The average Bonchev–Trinajstić information content (AvgIpc) is 3.14. The van der Waals surface area contributed by atoms with Crippen LogP contribution in [0.2, 0.25) is 0 Å². The molecule has 2 N–H and O–H groups in total. The lowest BCUT2D eigenvalue weighted by Crippen LogP contribution is -2.28. The molecule has 2 aromatic heterocycles. The van der Waals surface area contributed by atoms with E-state index < -0.39 is 17.5 Å². The van der Waals surface area contributed by atoms with Gasteiger partial charge in [-0.25, -0.2) is 13.8 Å². The minimum Gasteiger partial charge on any atom is -0.351 e. The molecule has 0 saturated heterocycles. The molecule has 2 amide bonds. The third-order valence-corrected chi connectivity index (χ3v) is 4.96. The number of aromatic nitrogens is 2. The number of carbonyl (C=O) groups is 2. The number of imidazole rings is 1. The topological polar surface area (TPSA) is 75.5 Å². The summed E-state index contributed by atoms with van der Waals surface area (Å²) in [5.74, 6) is -2.26. The van der Waals surface area contributed by atoms with E-state index in [2.05, 4.69) is 10.6 Å². The number of hydrogen-bond donors (Lipinski definition) is 2. The van der Waals surface area contributed by atoms with Gasteiger partial charge < -0.3 is 10.6 Å². The molecule has 4 rings (SSSR count). The summed E-state index contributed by atoms with van der Waals surface area (Å²) in [6.07, 6.45) is 1.78. The summed E-state index contributed by atoms with van der Waals surface area (Å²) < 4.78 is 28.6. The number of fused-ring (bicyclic) bond motifs is 1. The van der Waals surface area contributed by atoms with Crippen LogP contribution in [0.15, 0.2) is 66.9 Å². The van der Waals surface area contributed by atoms with Gasteiger partial charge in [-0.05, 0) is 30.7 Å². The number of hydrogen-bond acceptors (Lipinski definition) is 3. The molecule has 2 aromatic carbocycles. The van der Waals surface area contributed by atoms with Gasteiger partial charge in [0.1, 0.15) is 28.8 Å². The molecule has 0 aliphatic heterocycles. The monoisotopic (exact) mass is 434 g/mol. The first-order valence-electron chi connectivity index (χ1n) is 10.0. The van der Waals surface area contributed by atoms with Gasteiger partial charge in [0.15, 0.2) is 0 Å². The molecule has 6 nitrogen and oxygen atoms in total. The normalized spacial score (nSPS) is 10.8. The molecule has 0 bridgehead atoms. The number of anilines is 1. The minimum absolute atomic E-state index is 0.0160. The van der Waals surface area contributed by atoms with Crippen LogP contribution < -0.4 is 10.6 Å². The summed E-state index contributed by atoms with van der Waals surface area (Å²) in [6.45, 7) is 1.92. The zero-order valence-corrected chi connectivity index (χ0v) is 17.2. The maximum absolute atomic E-state index is 13.7. The molecule has 32 heavy (non-hydrogen) atoms. The van der Waals surface area contributed by atoms with E-state index in [4.69, 9.17) is 4.98 Å². The van der Waals surface area contributed by atoms with E-state index in [0.717, 1.165) is 28.9 Å². The zero-order chi connectivity index (χ0) is 22.7. The number of benzene rings is 2. The fourth-order valence-corrected chi connectivity index (χ4v) is 3.37. The Morgan fingerprint density at radius 2 is 1.81 bits per heavy atom. The van der Waals surface area contributed by atoms with Crippen LogP contribution in [0.25, 0.3) is 16.9 Å². The Bertz CT molecular complexity index is 1300. The highest BCUT2D eigenvalue weighted by atomic mass is 19.1. The average molecular weight is 434 g/mol. The molecule has 0 saturated carbocycles. The molecule has 4 aromatic rings. The van der Waals surface area contributed by atoms with E-state index in [1.165, 1.54) is 0 Å². The van der Waals surface area contributed by atoms with Crippen molar-refractivity contribution in [3.63, 3.8) is 0 Å². The maximum Gasteiger partial charge on any atom is 0.254 e. The molecule has 0 aliphatic rings. The van der Waals surface area contributed by atoms with Gasteiger partial charge in [0, 0.05) is 30.8 Å². The Balaban J connectivity index is 1.49. The van der Waals surface area contributed by atoms with E-state index in [-0.39, 0.29) is 24.4 Å². The van der Waals surface area contributed by atoms with Crippen LogP contribution in [0.3, 0.4) is 0 Å².